The summed E-state index contributed by atoms with van der Waals surface area (Å²) in [5.74, 6) is 0.988. The molecule has 5 nitrogen and oxygen atoms in total. The summed E-state index contributed by atoms with van der Waals surface area (Å²) in [6.07, 6.45) is 2.10. The van der Waals surface area contributed by atoms with Gasteiger partial charge in [-0.05, 0) is 36.3 Å². The molecule has 0 bridgehead atoms. The molecule has 0 spiro atoms. The number of aliphatic imine (C=N–C) groups is 1. The number of rotatable bonds is 3. The van der Waals surface area contributed by atoms with E-state index in [0.717, 1.165) is 45.0 Å². The number of hydrogen-bond acceptors (Lipinski definition) is 2. The Morgan fingerprint density at radius 2 is 1.96 bits per heavy atom. The predicted octanol–water partition coefficient (Wildman–Crippen LogP) is 2.27. The zero-order valence-corrected chi connectivity index (χ0v) is 15.7. The zero-order chi connectivity index (χ0) is 17.9. The van der Waals surface area contributed by atoms with Crippen LogP contribution in [-0.2, 0) is 17.8 Å². The molecule has 1 amide bonds. The van der Waals surface area contributed by atoms with Crippen LogP contribution in [0.2, 0.25) is 0 Å². The third kappa shape index (κ3) is 4.33. The van der Waals surface area contributed by atoms with Gasteiger partial charge >= 0.3 is 0 Å². The van der Waals surface area contributed by atoms with E-state index in [1.54, 1.807) is 0 Å². The standard InChI is InChI=1S/C20H30N4O/c1-4-21-19(24-12-10-20(2,3)15-24)22-13-18(25)23-11-9-16-7-5-6-8-17(16)14-23/h5-8H,4,9-15H2,1-3H3,(H,21,22). The maximum absolute atomic E-state index is 12.6. The first-order valence-corrected chi connectivity index (χ1v) is 9.36. The second kappa shape index (κ2) is 7.46. The van der Waals surface area contributed by atoms with Crippen molar-refractivity contribution in [2.45, 2.75) is 40.2 Å². The van der Waals surface area contributed by atoms with Gasteiger partial charge in [-0.2, -0.15) is 0 Å². The monoisotopic (exact) mass is 342 g/mol. The van der Waals surface area contributed by atoms with Crippen LogP contribution in [0.25, 0.3) is 0 Å². The number of nitrogens with one attached hydrogen (secondary N) is 1. The van der Waals surface area contributed by atoms with Crippen molar-refractivity contribution in [3.05, 3.63) is 35.4 Å². The fourth-order valence-corrected chi connectivity index (χ4v) is 3.67. The number of guanidine groups is 1. The molecule has 0 saturated carbocycles. The molecule has 2 heterocycles. The highest BCUT2D eigenvalue weighted by Gasteiger charge is 2.31. The van der Waals surface area contributed by atoms with Crippen molar-refractivity contribution < 1.29 is 4.79 Å². The van der Waals surface area contributed by atoms with Crippen LogP contribution in [0.15, 0.2) is 29.3 Å². The minimum atomic E-state index is 0.114. The van der Waals surface area contributed by atoms with Gasteiger partial charge in [-0.3, -0.25) is 4.79 Å². The van der Waals surface area contributed by atoms with Gasteiger partial charge in [0.15, 0.2) is 5.96 Å². The molecule has 1 saturated heterocycles. The van der Waals surface area contributed by atoms with Crippen molar-refractivity contribution in [2.24, 2.45) is 10.4 Å². The number of carbonyl (C=O) groups is 1. The van der Waals surface area contributed by atoms with Crippen molar-refractivity contribution in [2.75, 3.05) is 32.7 Å². The fraction of sp³-hybridized carbons (Fsp3) is 0.600. The van der Waals surface area contributed by atoms with Crippen molar-refractivity contribution in [1.29, 1.82) is 0 Å². The SMILES string of the molecule is CCNC(=NCC(=O)N1CCc2ccccc2C1)N1CCC(C)(C)C1. The molecular weight excluding hydrogens is 312 g/mol. The Morgan fingerprint density at radius 1 is 1.20 bits per heavy atom. The van der Waals surface area contributed by atoms with Crippen molar-refractivity contribution in [1.82, 2.24) is 15.1 Å². The average Bonchev–Trinajstić information content (AvgIpc) is 2.97. The summed E-state index contributed by atoms with van der Waals surface area (Å²) in [6.45, 7) is 11.2. The largest absolute Gasteiger partial charge is 0.357 e. The Labute approximate surface area is 151 Å². The minimum absolute atomic E-state index is 0.114. The van der Waals surface area contributed by atoms with Gasteiger partial charge in [0, 0.05) is 32.7 Å². The summed E-state index contributed by atoms with van der Waals surface area (Å²) in [5, 5.41) is 3.34. The maximum atomic E-state index is 12.6. The minimum Gasteiger partial charge on any atom is -0.357 e. The van der Waals surface area contributed by atoms with Crippen LogP contribution in [0.5, 0.6) is 0 Å². The Kier molecular flexibility index (Phi) is 5.30. The highest BCUT2D eigenvalue weighted by molar-refractivity contribution is 5.85. The normalized spacial score (nSPS) is 19.7. The summed E-state index contributed by atoms with van der Waals surface area (Å²) < 4.78 is 0. The van der Waals surface area contributed by atoms with Gasteiger partial charge in [0.1, 0.15) is 6.54 Å². The molecule has 1 N–H and O–H groups in total. The molecule has 25 heavy (non-hydrogen) atoms. The molecule has 136 valence electrons. The second-order valence-corrected chi connectivity index (χ2v) is 7.84. The molecular formula is C20H30N4O. The van der Waals surface area contributed by atoms with Crippen LogP contribution in [0.4, 0.5) is 0 Å². The van der Waals surface area contributed by atoms with Gasteiger partial charge in [0.2, 0.25) is 5.91 Å². The average molecular weight is 342 g/mol. The number of fused-ring (bicyclic) bond motifs is 1. The van der Waals surface area contributed by atoms with Gasteiger partial charge in [0.25, 0.3) is 0 Å². The highest BCUT2D eigenvalue weighted by Crippen LogP contribution is 2.28. The van der Waals surface area contributed by atoms with Crippen LogP contribution < -0.4 is 5.32 Å². The lowest BCUT2D eigenvalue weighted by Crippen LogP contribution is -2.42. The number of amides is 1. The van der Waals surface area contributed by atoms with E-state index in [1.807, 2.05) is 11.0 Å². The van der Waals surface area contributed by atoms with Crippen molar-refractivity contribution in [3.8, 4) is 0 Å². The lowest BCUT2D eigenvalue weighted by molar-refractivity contribution is -0.130. The van der Waals surface area contributed by atoms with Crippen LogP contribution in [0, 0.1) is 5.41 Å². The summed E-state index contributed by atoms with van der Waals surface area (Å²) in [4.78, 5) is 21.5. The predicted molar refractivity (Wildman–Crippen MR) is 102 cm³/mol. The number of likely N-dealkylation sites (tertiary alicyclic amines) is 1. The number of nitrogens with zero attached hydrogens (tertiary/aromatic N) is 3. The molecule has 0 atom stereocenters. The van der Waals surface area contributed by atoms with Gasteiger partial charge in [-0.25, -0.2) is 4.99 Å². The molecule has 1 fully saturated rings. The number of hydrogen-bond donors (Lipinski definition) is 1. The van der Waals surface area contributed by atoms with E-state index < -0.39 is 0 Å². The van der Waals surface area contributed by atoms with Crippen LogP contribution in [0.1, 0.15) is 38.3 Å². The van der Waals surface area contributed by atoms with Crippen LogP contribution in [-0.4, -0.2) is 54.4 Å². The van der Waals surface area contributed by atoms with E-state index in [0.29, 0.717) is 12.0 Å². The molecule has 0 radical (unpaired) electrons. The summed E-state index contributed by atoms with van der Waals surface area (Å²) in [6, 6.07) is 8.40. The third-order valence-corrected chi connectivity index (χ3v) is 5.16. The molecule has 0 aliphatic carbocycles. The molecule has 0 aromatic heterocycles. The van der Waals surface area contributed by atoms with Gasteiger partial charge in [-0.1, -0.05) is 38.1 Å². The van der Waals surface area contributed by atoms with E-state index in [1.165, 1.54) is 11.1 Å². The van der Waals surface area contributed by atoms with Gasteiger partial charge in [-0.15, -0.1) is 0 Å². The number of carbonyl (C=O) groups excluding carboxylic acids is 1. The van der Waals surface area contributed by atoms with Crippen LogP contribution in [0.3, 0.4) is 0 Å². The summed E-state index contributed by atoms with van der Waals surface area (Å²) in [5.41, 5.74) is 2.94. The van der Waals surface area contributed by atoms with E-state index in [4.69, 9.17) is 0 Å². The van der Waals surface area contributed by atoms with E-state index in [-0.39, 0.29) is 12.5 Å². The Hall–Kier alpha value is -2.04. The Balaban J connectivity index is 1.62. The summed E-state index contributed by atoms with van der Waals surface area (Å²) in [7, 11) is 0. The van der Waals surface area contributed by atoms with E-state index in [2.05, 4.69) is 54.2 Å². The summed E-state index contributed by atoms with van der Waals surface area (Å²) >= 11 is 0. The first-order valence-electron chi connectivity index (χ1n) is 9.36. The number of benzene rings is 1. The molecule has 2 aliphatic rings. The van der Waals surface area contributed by atoms with Gasteiger partial charge in [0.05, 0.1) is 0 Å². The quantitative estimate of drug-likeness (QED) is 0.677. The maximum Gasteiger partial charge on any atom is 0.244 e. The molecule has 0 unspecified atom stereocenters. The van der Waals surface area contributed by atoms with Crippen molar-refractivity contribution in [3.63, 3.8) is 0 Å². The lowest BCUT2D eigenvalue weighted by atomic mass is 9.93. The zero-order valence-electron chi connectivity index (χ0n) is 15.7. The highest BCUT2D eigenvalue weighted by atomic mass is 16.2. The molecule has 3 rings (SSSR count). The molecule has 1 aromatic carbocycles. The first kappa shape index (κ1) is 17.8. The van der Waals surface area contributed by atoms with E-state index in [9.17, 15) is 4.79 Å². The van der Waals surface area contributed by atoms with Gasteiger partial charge < -0.3 is 15.1 Å². The topological polar surface area (TPSA) is 47.9 Å². The first-order chi connectivity index (χ1) is 12.0. The smallest absolute Gasteiger partial charge is 0.244 e. The Morgan fingerprint density at radius 3 is 2.64 bits per heavy atom. The Bertz CT molecular complexity index is 653. The van der Waals surface area contributed by atoms with Crippen LogP contribution >= 0.6 is 0 Å². The molecule has 1 aromatic rings. The second-order valence-electron chi connectivity index (χ2n) is 7.84. The molecule has 2 aliphatic heterocycles. The fourth-order valence-electron chi connectivity index (χ4n) is 3.67. The third-order valence-electron chi connectivity index (χ3n) is 5.16. The lowest BCUT2D eigenvalue weighted by Gasteiger charge is -2.29. The van der Waals surface area contributed by atoms with Crippen molar-refractivity contribution >= 4 is 11.9 Å². The van der Waals surface area contributed by atoms with E-state index >= 15 is 0 Å². The molecule has 5 heteroatoms.